The number of piperidine rings is 1. The van der Waals surface area contributed by atoms with Crippen LogP contribution in [0.15, 0.2) is 4.42 Å². The third kappa shape index (κ3) is 13.9. The Kier molecular flexibility index (Phi) is 13.6. The summed E-state index contributed by atoms with van der Waals surface area (Å²) in [4.78, 5) is 20.6. The minimum atomic E-state index is -0.833. The molecule has 10 heteroatoms. The van der Waals surface area contributed by atoms with Gasteiger partial charge in [-0.2, -0.15) is 0 Å². The highest BCUT2D eigenvalue weighted by Crippen LogP contribution is 2.21. The lowest BCUT2D eigenvalue weighted by atomic mass is 9.93. The van der Waals surface area contributed by atoms with Crippen molar-refractivity contribution in [3.05, 3.63) is 5.89 Å². The van der Waals surface area contributed by atoms with Crippen LogP contribution in [0.25, 0.3) is 0 Å². The standard InChI is InChI=1S/C14H27N5O.2C2H4O2/c1-11(2)19-8-5-12(6-9-19)4-7-16-14-18-17-13(20-14)10-15-3;2*1-2(3)4/h11-12,15H,4-10H2,1-3H3,(H,16,18);2*1H3,(H,3,4). The van der Waals surface area contributed by atoms with E-state index >= 15 is 0 Å². The Balaban J connectivity index is 0.000000776. The lowest BCUT2D eigenvalue weighted by molar-refractivity contribution is -0.135. The van der Waals surface area contributed by atoms with Crippen molar-refractivity contribution in [3.8, 4) is 0 Å². The predicted molar refractivity (Wildman–Crippen MR) is 106 cm³/mol. The highest BCUT2D eigenvalue weighted by Gasteiger charge is 2.20. The van der Waals surface area contributed by atoms with E-state index in [0.717, 1.165) is 26.3 Å². The molecule has 1 saturated heterocycles. The van der Waals surface area contributed by atoms with E-state index in [4.69, 9.17) is 24.2 Å². The first-order chi connectivity index (χ1) is 13.1. The second kappa shape index (κ2) is 14.8. The van der Waals surface area contributed by atoms with Gasteiger partial charge in [-0.25, -0.2) is 0 Å². The molecule has 0 bridgehead atoms. The second-order valence-corrected chi connectivity index (χ2v) is 6.86. The van der Waals surface area contributed by atoms with Gasteiger partial charge in [0.25, 0.3) is 11.9 Å². The summed E-state index contributed by atoms with van der Waals surface area (Å²) in [6.45, 7) is 10.7. The van der Waals surface area contributed by atoms with Gasteiger partial charge >= 0.3 is 6.01 Å². The summed E-state index contributed by atoms with van der Waals surface area (Å²) in [6.07, 6.45) is 3.78. The van der Waals surface area contributed by atoms with Crippen LogP contribution in [-0.4, -0.2) is 70.0 Å². The first kappa shape index (κ1) is 25.8. The Labute approximate surface area is 166 Å². The predicted octanol–water partition coefficient (Wildman–Crippen LogP) is 1.89. The molecule has 162 valence electrons. The monoisotopic (exact) mass is 401 g/mol. The maximum absolute atomic E-state index is 9.00. The van der Waals surface area contributed by atoms with Crippen molar-refractivity contribution in [2.45, 2.75) is 59.5 Å². The van der Waals surface area contributed by atoms with Crippen molar-refractivity contribution in [2.75, 3.05) is 32.0 Å². The Bertz CT molecular complexity index is 536. The zero-order valence-corrected chi connectivity index (χ0v) is 17.6. The topological polar surface area (TPSA) is 141 Å². The van der Waals surface area contributed by atoms with E-state index in [2.05, 4.69) is 39.6 Å². The van der Waals surface area contributed by atoms with Crippen LogP contribution in [-0.2, 0) is 16.1 Å². The van der Waals surface area contributed by atoms with Crippen molar-refractivity contribution >= 4 is 18.0 Å². The molecule has 0 aliphatic carbocycles. The highest BCUT2D eigenvalue weighted by atomic mass is 16.4. The van der Waals surface area contributed by atoms with Gasteiger partial charge in [0, 0.05) is 26.4 Å². The molecule has 1 aliphatic heterocycles. The molecule has 4 N–H and O–H groups in total. The van der Waals surface area contributed by atoms with Crippen LogP contribution in [0.5, 0.6) is 0 Å². The molecule has 1 aliphatic rings. The van der Waals surface area contributed by atoms with E-state index in [1.165, 1.54) is 32.4 Å². The summed E-state index contributed by atoms with van der Waals surface area (Å²) >= 11 is 0. The molecule has 0 amide bonds. The molecule has 10 nitrogen and oxygen atoms in total. The maximum atomic E-state index is 9.00. The van der Waals surface area contributed by atoms with Crippen LogP contribution in [0.2, 0.25) is 0 Å². The average Bonchev–Trinajstić information content (AvgIpc) is 3.02. The van der Waals surface area contributed by atoms with Crippen LogP contribution in [0.1, 0.15) is 52.8 Å². The first-order valence-electron chi connectivity index (χ1n) is 9.49. The van der Waals surface area contributed by atoms with Gasteiger partial charge in [-0.1, -0.05) is 5.10 Å². The molecule has 28 heavy (non-hydrogen) atoms. The molecule has 0 radical (unpaired) electrons. The number of hydrogen-bond acceptors (Lipinski definition) is 8. The molecule has 0 atom stereocenters. The lowest BCUT2D eigenvalue weighted by Gasteiger charge is -2.34. The SMILES string of the molecule is CC(=O)O.CC(=O)O.CNCc1nnc(NCCC2CCN(C(C)C)CC2)o1. The van der Waals surface area contributed by atoms with Crippen molar-refractivity contribution in [2.24, 2.45) is 5.92 Å². The summed E-state index contributed by atoms with van der Waals surface area (Å²) in [5, 5.41) is 29.0. The molecule has 0 saturated carbocycles. The summed E-state index contributed by atoms with van der Waals surface area (Å²) in [5.41, 5.74) is 0. The number of likely N-dealkylation sites (tertiary alicyclic amines) is 1. The molecule has 0 unspecified atom stereocenters. The number of anilines is 1. The number of hydrogen-bond donors (Lipinski definition) is 4. The number of rotatable bonds is 7. The van der Waals surface area contributed by atoms with Crippen LogP contribution in [0.3, 0.4) is 0 Å². The Morgan fingerprint density at radius 2 is 1.71 bits per heavy atom. The lowest BCUT2D eigenvalue weighted by Crippen LogP contribution is -2.38. The van der Waals surface area contributed by atoms with E-state index < -0.39 is 11.9 Å². The van der Waals surface area contributed by atoms with Gasteiger partial charge in [-0.15, -0.1) is 5.10 Å². The number of carbonyl (C=O) groups is 2. The van der Waals surface area contributed by atoms with Crippen LogP contribution >= 0.6 is 0 Å². The Hall–Kier alpha value is -2.20. The summed E-state index contributed by atoms with van der Waals surface area (Å²) < 4.78 is 5.46. The minimum Gasteiger partial charge on any atom is -0.481 e. The third-order valence-electron chi connectivity index (χ3n) is 4.00. The fourth-order valence-electron chi connectivity index (χ4n) is 2.69. The van der Waals surface area contributed by atoms with Gasteiger partial charge < -0.3 is 30.2 Å². The van der Waals surface area contributed by atoms with Gasteiger partial charge in [0.05, 0.1) is 6.54 Å². The second-order valence-electron chi connectivity index (χ2n) is 6.86. The average molecular weight is 402 g/mol. The van der Waals surface area contributed by atoms with Gasteiger partial charge in [0.1, 0.15) is 0 Å². The smallest absolute Gasteiger partial charge is 0.315 e. The van der Waals surface area contributed by atoms with Crippen LogP contribution in [0.4, 0.5) is 6.01 Å². The number of nitrogens with zero attached hydrogens (tertiary/aromatic N) is 3. The zero-order valence-electron chi connectivity index (χ0n) is 17.6. The first-order valence-corrected chi connectivity index (χ1v) is 9.49. The summed E-state index contributed by atoms with van der Waals surface area (Å²) in [5.74, 6) is -0.225. The van der Waals surface area contributed by atoms with Crippen molar-refractivity contribution < 1.29 is 24.2 Å². The Morgan fingerprint density at radius 3 is 2.18 bits per heavy atom. The van der Waals surface area contributed by atoms with Crippen LogP contribution in [0, 0.1) is 5.92 Å². The molecular formula is C18H35N5O5. The maximum Gasteiger partial charge on any atom is 0.315 e. The minimum absolute atomic E-state index is 0.537. The summed E-state index contributed by atoms with van der Waals surface area (Å²) in [7, 11) is 1.86. The summed E-state index contributed by atoms with van der Waals surface area (Å²) in [6, 6.07) is 1.22. The molecule has 2 heterocycles. The molecule has 1 fully saturated rings. The number of aromatic nitrogens is 2. The molecule has 1 aromatic heterocycles. The largest absolute Gasteiger partial charge is 0.481 e. The van der Waals surface area contributed by atoms with Crippen LogP contribution < -0.4 is 10.6 Å². The van der Waals surface area contributed by atoms with Crippen molar-refractivity contribution in [1.29, 1.82) is 0 Å². The van der Waals surface area contributed by atoms with Gasteiger partial charge in [0.15, 0.2) is 0 Å². The normalized spacial score (nSPS) is 14.5. The molecule has 0 spiro atoms. The molecule has 2 rings (SSSR count). The van der Waals surface area contributed by atoms with E-state index in [1.807, 2.05) is 7.05 Å². The zero-order chi connectivity index (χ0) is 21.5. The number of carboxylic acid groups (broad SMARTS) is 2. The number of carboxylic acids is 2. The van der Waals surface area contributed by atoms with E-state index in [0.29, 0.717) is 24.5 Å². The molecular weight excluding hydrogens is 366 g/mol. The molecule has 1 aromatic rings. The van der Waals surface area contributed by atoms with Crippen molar-refractivity contribution in [3.63, 3.8) is 0 Å². The quantitative estimate of drug-likeness (QED) is 0.535. The van der Waals surface area contributed by atoms with Gasteiger partial charge in [0.2, 0.25) is 5.89 Å². The number of aliphatic carboxylic acids is 2. The highest BCUT2D eigenvalue weighted by molar-refractivity contribution is 5.63. The van der Waals surface area contributed by atoms with E-state index in [9.17, 15) is 0 Å². The third-order valence-corrected chi connectivity index (χ3v) is 4.00. The van der Waals surface area contributed by atoms with Gasteiger partial charge in [-0.05, 0) is 59.2 Å². The molecule has 0 aromatic carbocycles. The fourth-order valence-corrected chi connectivity index (χ4v) is 2.69. The van der Waals surface area contributed by atoms with E-state index in [-0.39, 0.29) is 0 Å². The van der Waals surface area contributed by atoms with Gasteiger partial charge in [-0.3, -0.25) is 9.59 Å². The fraction of sp³-hybridized carbons (Fsp3) is 0.778. The van der Waals surface area contributed by atoms with E-state index in [1.54, 1.807) is 0 Å². The van der Waals surface area contributed by atoms with Crippen molar-refractivity contribution in [1.82, 2.24) is 20.4 Å². The Morgan fingerprint density at radius 1 is 1.18 bits per heavy atom. The number of nitrogens with one attached hydrogen (secondary N) is 2.